The first-order valence-corrected chi connectivity index (χ1v) is 7.15. The van der Waals surface area contributed by atoms with Gasteiger partial charge < -0.3 is 10.6 Å². The molecule has 1 aromatic rings. The van der Waals surface area contributed by atoms with Crippen LogP contribution in [-0.4, -0.2) is 18.5 Å². The second-order valence-corrected chi connectivity index (χ2v) is 6.15. The van der Waals surface area contributed by atoms with Crippen LogP contribution in [0.4, 0.5) is 5.69 Å². The number of rotatable bonds is 4. The van der Waals surface area contributed by atoms with Crippen LogP contribution in [-0.2, 0) is 0 Å². The zero-order valence-corrected chi connectivity index (χ0v) is 12.1. The van der Waals surface area contributed by atoms with Gasteiger partial charge in [0, 0.05) is 18.3 Å². The van der Waals surface area contributed by atoms with Crippen molar-refractivity contribution in [2.75, 3.05) is 11.9 Å². The van der Waals surface area contributed by atoms with E-state index in [1.807, 2.05) is 31.2 Å². The van der Waals surface area contributed by atoms with Gasteiger partial charge in [0.1, 0.15) is 0 Å². The third-order valence-corrected chi connectivity index (χ3v) is 3.84. The summed E-state index contributed by atoms with van der Waals surface area (Å²) < 4.78 is 0. The molecule has 1 aliphatic carbocycles. The van der Waals surface area contributed by atoms with Gasteiger partial charge in [-0.15, -0.1) is 0 Å². The fraction of sp³-hybridized carbons (Fsp3) is 0.562. The van der Waals surface area contributed by atoms with Crippen molar-refractivity contribution in [3.8, 4) is 0 Å². The molecule has 0 radical (unpaired) electrons. The molecule has 0 saturated heterocycles. The van der Waals surface area contributed by atoms with E-state index in [2.05, 4.69) is 24.5 Å². The van der Waals surface area contributed by atoms with E-state index in [4.69, 9.17) is 0 Å². The standard InChI is InChI=1S/C16H24N2O/c1-4-17-14-8-6-5-7-13(14)15(19)18-12-9-10-16(2,3)11-12/h5-8,12,17H,4,9-11H2,1-3H3,(H,18,19). The Morgan fingerprint density at radius 2 is 2.11 bits per heavy atom. The zero-order valence-electron chi connectivity index (χ0n) is 12.1. The average molecular weight is 260 g/mol. The zero-order chi connectivity index (χ0) is 13.9. The van der Waals surface area contributed by atoms with Crippen LogP contribution in [0.1, 0.15) is 50.4 Å². The maximum atomic E-state index is 12.4. The summed E-state index contributed by atoms with van der Waals surface area (Å²) in [5, 5.41) is 6.41. The molecule has 0 aromatic heterocycles. The van der Waals surface area contributed by atoms with Crippen LogP contribution in [0.5, 0.6) is 0 Å². The quantitative estimate of drug-likeness (QED) is 0.871. The molecule has 19 heavy (non-hydrogen) atoms. The summed E-state index contributed by atoms with van der Waals surface area (Å²) >= 11 is 0. The number of carbonyl (C=O) groups excluding carboxylic acids is 1. The highest BCUT2D eigenvalue weighted by atomic mass is 16.1. The van der Waals surface area contributed by atoms with Gasteiger partial charge >= 0.3 is 0 Å². The van der Waals surface area contributed by atoms with Gasteiger partial charge in [-0.3, -0.25) is 4.79 Å². The second-order valence-electron chi connectivity index (χ2n) is 6.15. The number of nitrogens with one attached hydrogen (secondary N) is 2. The van der Waals surface area contributed by atoms with Crippen molar-refractivity contribution in [3.05, 3.63) is 29.8 Å². The van der Waals surface area contributed by atoms with E-state index in [1.54, 1.807) is 0 Å². The van der Waals surface area contributed by atoms with Gasteiger partial charge in [0.05, 0.1) is 5.56 Å². The van der Waals surface area contributed by atoms with Gasteiger partial charge in [0.15, 0.2) is 0 Å². The average Bonchev–Trinajstić information content (AvgIpc) is 2.69. The minimum absolute atomic E-state index is 0.0410. The summed E-state index contributed by atoms with van der Waals surface area (Å²) in [4.78, 5) is 12.4. The Morgan fingerprint density at radius 3 is 2.74 bits per heavy atom. The molecule has 2 rings (SSSR count). The number of anilines is 1. The molecular weight excluding hydrogens is 236 g/mol. The first kappa shape index (κ1) is 13.9. The van der Waals surface area contributed by atoms with Gasteiger partial charge in [0.2, 0.25) is 0 Å². The predicted molar refractivity (Wildman–Crippen MR) is 79.5 cm³/mol. The maximum Gasteiger partial charge on any atom is 0.253 e. The molecule has 1 amide bonds. The highest BCUT2D eigenvalue weighted by molar-refractivity contribution is 5.99. The summed E-state index contributed by atoms with van der Waals surface area (Å²) in [5.41, 5.74) is 2.02. The van der Waals surface area contributed by atoms with Gasteiger partial charge in [-0.2, -0.15) is 0 Å². The van der Waals surface area contributed by atoms with Crippen molar-refractivity contribution in [1.82, 2.24) is 5.32 Å². The number of hydrogen-bond acceptors (Lipinski definition) is 2. The fourth-order valence-corrected chi connectivity index (χ4v) is 2.85. The number of hydrogen-bond donors (Lipinski definition) is 2. The molecule has 104 valence electrons. The largest absolute Gasteiger partial charge is 0.385 e. The van der Waals surface area contributed by atoms with Crippen LogP contribution in [0, 0.1) is 5.41 Å². The number of benzene rings is 1. The van der Waals surface area contributed by atoms with Crippen LogP contribution < -0.4 is 10.6 Å². The molecule has 1 atom stereocenters. The number of amides is 1. The lowest BCUT2D eigenvalue weighted by Gasteiger charge is -2.18. The van der Waals surface area contributed by atoms with Crippen LogP contribution >= 0.6 is 0 Å². The van der Waals surface area contributed by atoms with Crippen LogP contribution in [0.15, 0.2) is 24.3 Å². The lowest BCUT2D eigenvalue weighted by Crippen LogP contribution is -2.33. The molecule has 2 N–H and O–H groups in total. The molecule has 3 nitrogen and oxygen atoms in total. The normalized spacial score (nSPS) is 21.1. The fourth-order valence-electron chi connectivity index (χ4n) is 2.85. The van der Waals surface area contributed by atoms with Gasteiger partial charge in [-0.05, 0) is 43.7 Å². The molecule has 0 heterocycles. The SMILES string of the molecule is CCNc1ccccc1C(=O)NC1CCC(C)(C)C1. The van der Waals surface area contributed by atoms with Gasteiger partial charge in [-0.25, -0.2) is 0 Å². The summed E-state index contributed by atoms with van der Waals surface area (Å²) in [6.07, 6.45) is 3.34. The van der Waals surface area contributed by atoms with Crippen molar-refractivity contribution >= 4 is 11.6 Å². The molecule has 0 bridgehead atoms. The van der Waals surface area contributed by atoms with Crippen LogP contribution in [0.3, 0.4) is 0 Å². The van der Waals surface area contributed by atoms with E-state index in [0.29, 0.717) is 11.5 Å². The summed E-state index contributed by atoms with van der Waals surface area (Å²) in [7, 11) is 0. The summed E-state index contributed by atoms with van der Waals surface area (Å²) in [5.74, 6) is 0.0410. The van der Waals surface area contributed by atoms with Gasteiger partial charge in [0.25, 0.3) is 5.91 Å². The highest BCUT2D eigenvalue weighted by Gasteiger charge is 2.31. The van der Waals surface area contributed by atoms with E-state index in [0.717, 1.165) is 30.6 Å². The van der Waals surface area contributed by atoms with Crippen molar-refractivity contribution < 1.29 is 4.79 Å². The molecule has 0 spiro atoms. The Hall–Kier alpha value is -1.51. The van der Waals surface area contributed by atoms with Crippen LogP contribution in [0.2, 0.25) is 0 Å². The van der Waals surface area contributed by atoms with Gasteiger partial charge in [-0.1, -0.05) is 26.0 Å². The lowest BCUT2D eigenvalue weighted by atomic mass is 9.92. The van der Waals surface area contributed by atoms with E-state index in [1.165, 1.54) is 6.42 Å². The molecule has 1 aliphatic rings. The summed E-state index contributed by atoms with van der Waals surface area (Å²) in [6.45, 7) is 7.40. The first-order valence-electron chi connectivity index (χ1n) is 7.15. The summed E-state index contributed by atoms with van der Waals surface area (Å²) in [6, 6.07) is 8.02. The molecule has 1 unspecified atom stereocenters. The smallest absolute Gasteiger partial charge is 0.253 e. The monoisotopic (exact) mass is 260 g/mol. The maximum absolute atomic E-state index is 12.4. The number of para-hydroxylation sites is 1. The Bertz CT molecular complexity index is 454. The Labute approximate surface area is 115 Å². The molecule has 0 aliphatic heterocycles. The Balaban J connectivity index is 2.04. The molecular formula is C16H24N2O. The van der Waals surface area contributed by atoms with Crippen molar-refractivity contribution in [3.63, 3.8) is 0 Å². The van der Waals surface area contributed by atoms with E-state index in [-0.39, 0.29) is 5.91 Å². The minimum atomic E-state index is 0.0410. The van der Waals surface area contributed by atoms with Crippen molar-refractivity contribution in [2.45, 2.75) is 46.1 Å². The molecule has 1 saturated carbocycles. The predicted octanol–water partition coefficient (Wildman–Crippen LogP) is 3.43. The third-order valence-electron chi connectivity index (χ3n) is 3.84. The van der Waals surface area contributed by atoms with E-state index in [9.17, 15) is 4.79 Å². The lowest BCUT2D eigenvalue weighted by molar-refractivity contribution is 0.0937. The second kappa shape index (κ2) is 5.64. The number of carbonyl (C=O) groups is 1. The Morgan fingerprint density at radius 1 is 1.37 bits per heavy atom. The third kappa shape index (κ3) is 3.49. The van der Waals surface area contributed by atoms with E-state index < -0.39 is 0 Å². The first-order chi connectivity index (χ1) is 9.02. The van der Waals surface area contributed by atoms with Crippen LogP contribution in [0.25, 0.3) is 0 Å². The topological polar surface area (TPSA) is 41.1 Å². The van der Waals surface area contributed by atoms with Crippen molar-refractivity contribution in [2.24, 2.45) is 5.41 Å². The van der Waals surface area contributed by atoms with E-state index >= 15 is 0 Å². The van der Waals surface area contributed by atoms with Crippen molar-refractivity contribution in [1.29, 1.82) is 0 Å². The molecule has 3 heteroatoms. The highest BCUT2D eigenvalue weighted by Crippen LogP contribution is 2.37. The Kier molecular flexibility index (Phi) is 4.13. The molecule has 1 fully saturated rings. The minimum Gasteiger partial charge on any atom is -0.385 e. The molecule has 1 aromatic carbocycles.